The van der Waals surface area contributed by atoms with Crippen molar-refractivity contribution in [3.8, 4) is 11.8 Å². The second-order valence-corrected chi connectivity index (χ2v) is 9.06. The van der Waals surface area contributed by atoms with Gasteiger partial charge in [-0.3, -0.25) is 4.31 Å². The van der Waals surface area contributed by atoms with E-state index in [1.54, 1.807) is 0 Å². The molecule has 1 N–H and O–H groups in total. The molecule has 0 spiro atoms. The van der Waals surface area contributed by atoms with Crippen LogP contribution in [0.2, 0.25) is 0 Å². The van der Waals surface area contributed by atoms with Crippen LogP contribution >= 0.6 is 0 Å². The lowest BCUT2D eigenvalue weighted by molar-refractivity contribution is -0.274. The first-order valence-electron chi connectivity index (χ1n) is 9.55. The van der Waals surface area contributed by atoms with Crippen LogP contribution in [0.3, 0.4) is 0 Å². The number of nitrogens with zero attached hydrogens (tertiary/aromatic N) is 3. The van der Waals surface area contributed by atoms with Gasteiger partial charge in [-0.25, -0.2) is 13.4 Å². The van der Waals surface area contributed by atoms with Crippen LogP contribution in [-0.2, 0) is 22.7 Å². The minimum absolute atomic E-state index is 0.0511. The van der Waals surface area contributed by atoms with E-state index in [1.807, 2.05) is 6.07 Å². The van der Waals surface area contributed by atoms with Crippen molar-refractivity contribution in [2.75, 3.05) is 9.62 Å². The Labute approximate surface area is 194 Å². The third-order valence-electron chi connectivity index (χ3n) is 4.88. The number of nitriles is 1. The molecule has 14 heteroatoms. The van der Waals surface area contributed by atoms with Crippen LogP contribution in [0.25, 0.3) is 0 Å². The number of nitrogens with one attached hydrogen (secondary N) is 1. The van der Waals surface area contributed by atoms with Gasteiger partial charge in [0.2, 0.25) is 0 Å². The third kappa shape index (κ3) is 4.94. The molecule has 3 aromatic rings. The van der Waals surface area contributed by atoms with Gasteiger partial charge in [0.25, 0.3) is 10.0 Å². The predicted octanol–water partition coefficient (Wildman–Crippen LogP) is 5.32. The third-order valence-corrected chi connectivity index (χ3v) is 6.65. The van der Waals surface area contributed by atoms with Crippen molar-refractivity contribution in [3.05, 3.63) is 71.4 Å². The number of anilines is 3. The highest BCUT2D eigenvalue weighted by Crippen LogP contribution is 2.40. The van der Waals surface area contributed by atoms with Crippen LogP contribution in [-0.4, -0.2) is 19.8 Å². The Kier molecular flexibility index (Phi) is 5.76. The van der Waals surface area contributed by atoms with Crippen molar-refractivity contribution in [2.45, 2.75) is 24.0 Å². The van der Waals surface area contributed by atoms with Gasteiger partial charge in [-0.2, -0.15) is 18.4 Å². The monoisotopic (exact) mass is 514 g/mol. The molecule has 0 amide bonds. The molecule has 1 aromatic heterocycles. The fourth-order valence-electron chi connectivity index (χ4n) is 3.32. The maximum Gasteiger partial charge on any atom is 0.573 e. The number of ether oxygens (including phenoxy) is 1. The molecule has 0 radical (unpaired) electrons. The zero-order chi connectivity index (χ0) is 25.6. The number of fused-ring (bicyclic) bond motifs is 2. The second kappa shape index (κ2) is 8.35. The van der Waals surface area contributed by atoms with Crippen molar-refractivity contribution in [1.29, 1.82) is 5.26 Å². The molecule has 0 unspecified atom stereocenters. The van der Waals surface area contributed by atoms with E-state index in [9.17, 15) is 40.0 Å². The zero-order valence-corrected chi connectivity index (χ0v) is 18.0. The van der Waals surface area contributed by atoms with E-state index in [-0.39, 0.29) is 28.3 Å². The molecule has 0 atom stereocenters. The van der Waals surface area contributed by atoms with Gasteiger partial charge in [-0.1, -0.05) is 6.07 Å². The largest absolute Gasteiger partial charge is 0.573 e. The van der Waals surface area contributed by atoms with E-state index < -0.39 is 45.4 Å². The van der Waals surface area contributed by atoms with Gasteiger partial charge in [0.15, 0.2) is 0 Å². The summed E-state index contributed by atoms with van der Waals surface area (Å²) in [6, 6.07) is 10.9. The average Bonchev–Trinajstić information content (AvgIpc) is 2.93. The summed E-state index contributed by atoms with van der Waals surface area (Å²) in [5.74, 6) is -0.882. The predicted molar refractivity (Wildman–Crippen MR) is 110 cm³/mol. The zero-order valence-electron chi connectivity index (χ0n) is 17.1. The molecule has 2 aromatic carbocycles. The number of hydrogen-bond acceptors (Lipinski definition) is 6. The van der Waals surface area contributed by atoms with Crippen molar-refractivity contribution in [1.82, 2.24) is 4.98 Å². The number of sulfonamides is 1. The Balaban J connectivity index is 1.82. The summed E-state index contributed by atoms with van der Waals surface area (Å²) in [7, 11) is -4.47. The Morgan fingerprint density at radius 2 is 1.69 bits per heavy atom. The van der Waals surface area contributed by atoms with Crippen molar-refractivity contribution < 1.29 is 39.5 Å². The smallest absolute Gasteiger partial charge is 0.406 e. The van der Waals surface area contributed by atoms with E-state index in [2.05, 4.69) is 15.0 Å². The number of hydrogen-bond donors (Lipinski definition) is 1. The molecule has 4 rings (SSSR count). The lowest BCUT2D eigenvalue weighted by Crippen LogP contribution is -2.30. The molecule has 0 bridgehead atoms. The molecule has 0 aliphatic carbocycles. The number of aromatic nitrogens is 1. The molecule has 182 valence electrons. The van der Waals surface area contributed by atoms with Crippen LogP contribution in [0.1, 0.15) is 16.8 Å². The first kappa shape index (κ1) is 24.1. The summed E-state index contributed by atoms with van der Waals surface area (Å²) in [5, 5.41) is 11.9. The first-order valence-corrected chi connectivity index (χ1v) is 11.0. The van der Waals surface area contributed by atoms with Crippen molar-refractivity contribution >= 4 is 27.2 Å². The standard InChI is InChI=1S/C21H12F6N4O3S/c22-20(23,24)18-8-2-13-11-31(17-9-12(10-28)1-7-16(17)29-19(13)30-18)35(32,33)15-5-3-14(4-6-15)34-21(25,26)27/h1-9H,11H2,(H,29,30). The number of alkyl halides is 6. The van der Waals surface area contributed by atoms with E-state index in [0.717, 1.165) is 34.6 Å². The van der Waals surface area contributed by atoms with Crippen LogP contribution in [0.15, 0.2) is 59.5 Å². The number of pyridine rings is 1. The fourth-order valence-corrected chi connectivity index (χ4v) is 4.77. The number of rotatable bonds is 3. The van der Waals surface area contributed by atoms with Gasteiger partial charge >= 0.3 is 12.5 Å². The molecular weight excluding hydrogens is 502 g/mol. The minimum Gasteiger partial charge on any atom is -0.406 e. The maximum atomic E-state index is 13.5. The second-order valence-electron chi connectivity index (χ2n) is 7.20. The molecule has 7 nitrogen and oxygen atoms in total. The highest BCUT2D eigenvalue weighted by Gasteiger charge is 2.36. The molecular formula is C21H12F6N4O3S. The topological polar surface area (TPSA) is 95.3 Å². The highest BCUT2D eigenvalue weighted by molar-refractivity contribution is 7.92. The van der Waals surface area contributed by atoms with Gasteiger partial charge in [-0.05, 0) is 48.5 Å². The molecule has 0 saturated heterocycles. The van der Waals surface area contributed by atoms with E-state index in [0.29, 0.717) is 6.07 Å². The summed E-state index contributed by atoms with van der Waals surface area (Å²) < 4.78 is 108. The fraction of sp³-hybridized carbons (Fsp3) is 0.143. The van der Waals surface area contributed by atoms with Crippen LogP contribution < -0.4 is 14.4 Å². The maximum absolute atomic E-state index is 13.5. The SMILES string of the molecule is N#Cc1ccc2c(c1)N(S(=O)(=O)c1ccc(OC(F)(F)F)cc1)Cc1ccc(C(F)(F)F)nc1N2. The first-order chi connectivity index (χ1) is 16.3. The summed E-state index contributed by atoms with van der Waals surface area (Å²) in [5.41, 5.74) is -1.06. The Morgan fingerprint density at radius 3 is 2.29 bits per heavy atom. The molecule has 1 aliphatic heterocycles. The summed E-state index contributed by atoms with van der Waals surface area (Å²) >= 11 is 0. The minimum atomic E-state index is -4.98. The highest BCUT2D eigenvalue weighted by atomic mass is 32.2. The van der Waals surface area contributed by atoms with Gasteiger partial charge < -0.3 is 10.1 Å². The van der Waals surface area contributed by atoms with Gasteiger partial charge in [-0.15, -0.1) is 13.2 Å². The number of halogens is 6. The Bertz CT molecular complexity index is 1430. The Morgan fingerprint density at radius 1 is 1.00 bits per heavy atom. The van der Waals surface area contributed by atoms with E-state index in [4.69, 9.17) is 0 Å². The normalized spacial score (nSPS) is 13.7. The summed E-state index contributed by atoms with van der Waals surface area (Å²) in [6.45, 7) is -0.474. The van der Waals surface area contributed by atoms with Crippen molar-refractivity contribution in [2.24, 2.45) is 0 Å². The van der Waals surface area contributed by atoms with Crippen LogP contribution in [0.5, 0.6) is 5.75 Å². The average molecular weight is 514 g/mol. The summed E-state index contributed by atoms with van der Waals surface area (Å²) in [6.07, 6.45) is -9.72. The molecule has 2 heterocycles. The molecule has 1 aliphatic rings. The van der Waals surface area contributed by atoms with E-state index >= 15 is 0 Å². The van der Waals surface area contributed by atoms with E-state index in [1.165, 1.54) is 18.2 Å². The molecule has 0 saturated carbocycles. The van der Waals surface area contributed by atoms with Crippen molar-refractivity contribution in [3.63, 3.8) is 0 Å². The van der Waals surface area contributed by atoms with Gasteiger partial charge in [0.1, 0.15) is 17.3 Å². The quantitative estimate of drug-likeness (QED) is 0.476. The molecule has 35 heavy (non-hydrogen) atoms. The molecule has 0 fully saturated rings. The summed E-state index contributed by atoms with van der Waals surface area (Å²) in [4.78, 5) is 3.16. The van der Waals surface area contributed by atoms with Crippen LogP contribution in [0, 0.1) is 11.3 Å². The Hall–Kier alpha value is -3.99. The van der Waals surface area contributed by atoms with Gasteiger partial charge in [0, 0.05) is 5.56 Å². The lowest BCUT2D eigenvalue weighted by Gasteiger charge is -2.24. The lowest BCUT2D eigenvalue weighted by atomic mass is 10.2. The van der Waals surface area contributed by atoms with Gasteiger partial charge in [0.05, 0.1) is 34.4 Å². The number of benzene rings is 2. The van der Waals surface area contributed by atoms with Crippen LogP contribution in [0.4, 0.5) is 43.5 Å².